The summed E-state index contributed by atoms with van der Waals surface area (Å²) in [5.74, 6) is 0.347. The highest BCUT2D eigenvalue weighted by molar-refractivity contribution is 9.10. The van der Waals surface area contributed by atoms with Crippen LogP contribution in [0, 0.1) is 6.92 Å². The molecule has 1 aromatic carbocycles. The molecule has 0 aliphatic rings. The van der Waals surface area contributed by atoms with Crippen molar-refractivity contribution < 1.29 is 10.2 Å². The molecule has 0 spiro atoms. The van der Waals surface area contributed by atoms with Crippen molar-refractivity contribution in [3.05, 3.63) is 27.7 Å². The molecule has 0 saturated heterocycles. The van der Waals surface area contributed by atoms with E-state index in [0.717, 1.165) is 28.4 Å². The molecule has 3 N–H and O–H groups in total. The highest BCUT2D eigenvalue weighted by Gasteiger charge is 2.09. The number of aliphatic hydroxyl groups is 1. The molecule has 0 aliphatic heterocycles. The van der Waals surface area contributed by atoms with Crippen molar-refractivity contribution >= 4 is 15.9 Å². The standard InChI is InChI=1S/C13H20BrNO2/c1-3-12(4-5-16)15-8-10-7-11(14)6-9(2)13(10)17/h6-7,12,15-17H,3-5,8H2,1-2H3. The van der Waals surface area contributed by atoms with Gasteiger partial charge in [0.1, 0.15) is 5.75 Å². The minimum atomic E-state index is 0.189. The van der Waals surface area contributed by atoms with Crippen LogP contribution < -0.4 is 5.32 Å². The van der Waals surface area contributed by atoms with Gasteiger partial charge in [-0.1, -0.05) is 22.9 Å². The third kappa shape index (κ3) is 4.30. The summed E-state index contributed by atoms with van der Waals surface area (Å²) in [4.78, 5) is 0. The molecule has 0 radical (unpaired) electrons. The first-order valence-electron chi connectivity index (χ1n) is 5.90. The second-order valence-corrected chi connectivity index (χ2v) is 5.14. The van der Waals surface area contributed by atoms with Crippen LogP contribution in [0.2, 0.25) is 0 Å². The number of rotatable bonds is 6. The molecule has 1 atom stereocenters. The van der Waals surface area contributed by atoms with Crippen LogP contribution in [0.15, 0.2) is 16.6 Å². The molecule has 96 valence electrons. The molecule has 0 bridgehead atoms. The van der Waals surface area contributed by atoms with Gasteiger partial charge in [-0.15, -0.1) is 0 Å². The van der Waals surface area contributed by atoms with Crippen molar-refractivity contribution in [2.75, 3.05) is 6.61 Å². The van der Waals surface area contributed by atoms with Crippen LogP contribution in [0.3, 0.4) is 0 Å². The average Bonchev–Trinajstić information content (AvgIpc) is 2.30. The maximum Gasteiger partial charge on any atom is 0.123 e. The minimum absolute atomic E-state index is 0.189. The van der Waals surface area contributed by atoms with Crippen LogP contribution in [0.1, 0.15) is 30.9 Å². The second kappa shape index (κ2) is 6.99. The van der Waals surface area contributed by atoms with E-state index in [0.29, 0.717) is 18.3 Å². The summed E-state index contributed by atoms with van der Waals surface area (Å²) in [7, 11) is 0. The number of hydrogen-bond acceptors (Lipinski definition) is 3. The van der Waals surface area contributed by atoms with Gasteiger partial charge >= 0.3 is 0 Å². The summed E-state index contributed by atoms with van der Waals surface area (Å²) < 4.78 is 0.972. The summed E-state index contributed by atoms with van der Waals surface area (Å²) in [6, 6.07) is 4.10. The Morgan fingerprint density at radius 2 is 2.12 bits per heavy atom. The number of benzene rings is 1. The van der Waals surface area contributed by atoms with E-state index in [4.69, 9.17) is 5.11 Å². The lowest BCUT2D eigenvalue weighted by molar-refractivity contribution is 0.261. The van der Waals surface area contributed by atoms with E-state index >= 15 is 0 Å². The van der Waals surface area contributed by atoms with Gasteiger partial charge in [0.25, 0.3) is 0 Å². The van der Waals surface area contributed by atoms with Gasteiger partial charge in [0, 0.05) is 29.2 Å². The summed E-state index contributed by atoms with van der Waals surface area (Å²) in [5, 5.41) is 22.2. The molecular weight excluding hydrogens is 282 g/mol. The fourth-order valence-electron chi connectivity index (χ4n) is 1.80. The van der Waals surface area contributed by atoms with Crippen LogP contribution in [-0.4, -0.2) is 22.9 Å². The van der Waals surface area contributed by atoms with Crippen LogP contribution in [0.4, 0.5) is 0 Å². The fraction of sp³-hybridized carbons (Fsp3) is 0.538. The zero-order valence-electron chi connectivity index (χ0n) is 10.3. The summed E-state index contributed by atoms with van der Waals surface area (Å²) >= 11 is 3.42. The molecule has 0 aromatic heterocycles. The van der Waals surface area contributed by atoms with Crippen LogP contribution in [0.5, 0.6) is 5.75 Å². The van der Waals surface area contributed by atoms with Crippen LogP contribution in [-0.2, 0) is 6.54 Å². The van der Waals surface area contributed by atoms with E-state index < -0.39 is 0 Å². The molecule has 1 rings (SSSR count). The van der Waals surface area contributed by atoms with Crippen molar-refractivity contribution in [1.82, 2.24) is 5.32 Å². The van der Waals surface area contributed by atoms with Gasteiger partial charge in [0.2, 0.25) is 0 Å². The molecule has 0 saturated carbocycles. The quantitative estimate of drug-likeness (QED) is 0.757. The van der Waals surface area contributed by atoms with Gasteiger partial charge in [-0.2, -0.15) is 0 Å². The van der Waals surface area contributed by atoms with E-state index in [-0.39, 0.29) is 6.61 Å². The number of halogens is 1. The number of nitrogens with one attached hydrogen (secondary N) is 1. The third-order valence-electron chi connectivity index (χ3n) is 2.90. The van der Waals surface area contributed by atoms with E-state index in [1.54, 1.807) is 0 Å². The van der Waals surface area contributed by atoms with Gasteiger partial charge in [-0.25, -0.2) is 0 Å². The van der Waals surface area contributed by atoms with Gasteiger partial charge in [-0.3, -0.25) is 0 Å². The van der Waals surface area contributed by atoms with Gasteiger partial charge < -0.3 is 15.5 Å². The molecule has 1 aromatic rings. The van der Waals surface area contributed by atoms with Gasteiger partial charge in [0.15, 0.2) is 0 Å². The molecule has 0 heterocycles. The van der Waals surface area contributed by atoms with E-state index in [1.807, 2.05) is 19.1 Å². The molecule has 17 heavy (non-hydrogen) atoms. The maximum absolute atomic E-state index is 9.93. The molecule has 1 unspecified atom stereocenters. The molecule has 0 amide bonds. The monoisotopic (exact) mass is 301 g/mol. The number of hydrogen-bond donors (Lipinski definition) is 3. The first-order chi connectivity index (χ1) is 8.08. The predicted octanol–water partition coefficient (Wildman–Crippen LogP) is 2.71. The molecule has 4 heteroatoms. The van der Waals surface area contributed by atoms with Crippen molar-refractivity contribution in [3.8, 4) is 5.75 Å². The highest BCUT2D eigenvalue weighted by Crippen LogP contribution is 2.26. The van der Waals surface area contributed by atoms with Crippen molar-refractivity contribution in [2.24, 2.45) is 0 Å². The predicted molar refractivity (Wildman–Crippen MR) is 73.2 cm³/mol. The number of aromatic hydroxyl groups is 1. The third-order valence-corrected chi connectivity index (χ3v) is 3.35. The Morgan fingerprint density at radius 3 is 2.71 bits per heavy atom. The first kappa shape index (κ1) is 14.5. The lowest BCUT2D eigenvalue weighted by Crippen LogP contribution is -2.28. The molecular formula is C13H20BrNO2. The Bertz CT molecular complexity index is 369. The zero-order valence-corrected chi connectivity index (χ0v) is 11.9. The lowest BCUT2D eigenvalue weighted by atomic mass is 10.1. The minimum Gasteiger partial charge on any atom is -0.507 e. The largest absolute Gasteiger partial charge is 0.507 e. The summed E-state index contributed by atoms with van der Waals surface area (Å²) in [6.07, 6.45) is 1.71. The number of phenols is 1. The van der Waals surface area contributed by atoms with Crippen molar-refractivity contribution in [2.45, 2.75) is 39.3 Å². The molecule has 0 fully saturated rings. The van der Waals surface area contributed by atoms with Crippen molar-refractivity contribution in [1.29, 1.82) is 0 Å². The number of aliphatic hydroxyl groups excluding tert-OH is 1. The number of aryl methyl sites for hydroxylation is 1. The van der Waals surface area contributed by atoms with Gasteiger partial charge in [-0.05, 0) is 37.5 Å². The summed E-state index contributed by atoms with van der Waals surface area (Å²) in [6.45, 7) is 4.77. The first-order valence-corrected chi connectivity index (χ1v) is 6.70. The molecule has 0 aliphatic carbocycles. The molecule has 3 nitrogen and oxygen atoms in total. The Hall–Kier alpha value is -0.580. The SMILES string of the molecule is CCC(CCO)NCc1cc(Br)cc(C)c1O. The van der Waals surface area contributed by atoms with Crippen molar-refractivity contribution in [3.63, 3.8) is 0 Å². The van der Waals surface area contributed by atoms with E-state index in [2.05, 4.69) is 28.2 Å². The Balaban J connectivity index is 2.68. The lowest BCUT2D eigenvalue weighted by Gasteiger charge is -2.17. The van der Waals surface area contributed by atoms with Gasteiger partial charge in [0.05, 0.1) is 0 Å². The zero-order chi connectivity index (χ0) is 12.8. The number of phenolic OH excluding ortho intramolecular Hbond substituents is 1. The Labute approximate surface area is 111 Å². The maximum atomic E-state index is 9.93. The highest BCUT2D eigenvalue weighted by atomic mass is 79.9. The Kier molecular flexibility index (Phi) is 5.95. The normalized spacial score (nSPS) is 12.7. The van der Waals surface area contributed by atoms with Crippen LogP contribution in [0.25, 0.3) is 0 Å². The fourth-order valence-corrected chi connectivity index (χ4v) is 2.42. The smallest absolute Gasteiger partial charge is 0.123 e. The van der Waals surface area contributed by atoms with E-state index in [9.17, 15) is 5.11 Å². The topological polar surface area (TPSA) is 52.5 Å². The Morgan fingerprint density at radius 1 is 1.41 bits per heavy atom. The van der Waals surface area contributed by atoms with Crippen LogP contribution >= 0.6 is 15.9 Å². The van der Waals surface area contributed by atoms with E-state index in [1.165, 1.54) is 0 Å². The second-order valence-electron chi connectivity index (χ2n) is 4.23. The summed E-state index contributed by atoms with van der Waals surface area (Å²) in [5.41, 5.74) is 1.75. The average molecular weight is 302 g/mol.